The van der Waals surface area contributed by atoms with Crippen LogP contribution < -0.4 is 9.47 Å². The van der Waals surface area contributed by atoms with Crippen molar-refractivity contribution in [1.29, 1.82) is 0 Å². The highest BCUT2D eigenvalue weighted by Crippen LogP contribution is 2.28. The molecule has 0 atom stereocenters. The molecule has 7 nitrogen and oxygen atoms in total. The number of likely N-dealkylation sites (tertiary alicyclic amines) is 1. The maximum Gasteiger partial charge on any atom is 0.226 e. The van der Waals surface area contributed by atoms with Gasteiger partial charge in [-0.3, -0.25) is 4.79 Å². The van der Waals surface area contributed by atoms with Gasteiger partial charge in [0, 0.05) is 25.4 Å². The van der Waals surface area contributed by atoms with E-state index in [-0.39, 0.29) is 11.8 Å². The molecule has 0 radical (unpaired) electrons. The molecular weight excluding hydrogens is 358 g/mol. The number of nitrogens with zero attached hydrogens (tertiary/aromatic N) is 3. The molecule has 1 fully saturated rings. The summed E-state index contributed by atoms with van der Waals surface area (Å²) in [6, 6.07) is 5.61. The summed E-state index contributed by atoms with van der Waals surface area (Å²) in [6.45, 7) is 5.64. The summed E-state index contributed by atoms with van der Waals surface area (Å²) in [5.41, 5.74) is 0.928. The zero-order chi connectivity index (χ0) is 20.1. The Labute approximate surface area is 166 Å². The van der Waals surface area contributed by atoms with Crippen LogP contribution in [-0.4, -0.2) is 48.3 Å². The van der Waals surface area contributed by atoms with E-state index in [1.54, 1.807) is 14.2 Å². The minimum Gasteiger partial charge on any atom is -0.493 e. The van der Waals surface area contributed by atoms with Crippen molar-refractivity contribution < 1.29 is 18.8 Å². The van der Waals surface area contributed by atoms with Crippen molar-refractivity contribution in [1.82, 2.24) is 15.0 Å². The van der Waals surface area contributed by atoms with Crippen molar-refractivity contribution in [2.24, 2.45) is 5.92 Å². The lowest BCUT2D eigenvalue weighted by Crippen LogP contribution is -2.39. The van der Waals surface area contributed by atoms with E-state index < -0.39 is 0 Å². The molecule has 1 aromatic heterocycles. The quantitative estimate of drug-likeness (QED) is 0.726. The molecule has 0 bridgehead atoms. The fourth-order valence-electron chi connectivity index (χ4n) is 3.50. The Balaban J connectivity index is 1.50. The molecule has 1 aromatic carbocycles. The standard InChI is InChI=1S/C21H29N3O4/c1-14(2)21-22-19(28-23-21)12-15-7-9-24(10-8-15)20(25)13-16-5-6-17(26-3)18(11-16)27-4/h5-6,11,14-15H,7-10,12-13H2,1-4H3. The number of carbonyl (C=O) groups excluding carboxylic acids is 1. The van der Waals surface area contributed by atoms with Crippen LogP contribution in [0.3, 0.4) is 0 Å². The summed E-state index contributed by atoms with van der Waals surface area (Å²) in [5.74, 6) is 3.68. The van der Waals surface area contributed by atoms with Crippen LogP contribution in [0.5, 0.6) is 11.5 Å². The van der Waals surface area contributed by atoms with Gasteiger partial charge in [-0.2, -0.15) is 4.98 Å². The number of benzene rings is 1. The summed E-state index contributed by atoms with van der Waals surface area (Å²) >= 11 is 0. The molecule has 1 amide bonds. The molecule has 2 heterocycles. The smallest absolute Gasteiger partial charge is 0.226 e. The third-order valence-electron chi connectivity index (χ3n) is 5.23. The van der Waals surface area contributed by atoms with E-state index in [9.17, 15) is 4.79 Å². The van der Waals surface area contributed by atoms with Crippen LogP contribution in [0.15, 0.2) is 22.7 Å². The summed E-state index contributed by atoms with van der Waals surface area (Å²) in [5, 5.41) is 4.03. The largest absolute Gasteiger partial charge is 0.493 e. The van der Waals surface area contributed by atoms with Gasteiger partial charge in [-0.25, -0.2) is 0 Å². The number of hydrogen-bond donors (Lipinski definition) is 0. The predicted octanol–water partition coefficient (Wildman–Crippen LogP) is 3.23. The van der Waals surface area contributed by atoms with E-state index in [0.717, 1.165) is 43.7 Å². The zero-order valence-corrected chi connectivity index (χ0v) is 17.1. The normalized spacial score (nSPS) is 15.1. The average molecular weight is 387 g/mol. The van der Waals surface area contributed by atoms with Crippen LogP contribution in [0, 0.1) is 5.92 Å². The van der Waals surface area contributed by atoms with Gasteiger partial charge in [-0.1, -0.05) is 25.1 Å². The first-order valence-electron chi connectivity index (χ1n) is 9.81. The third-order valence-corrected chi connectivity index (χ3v) is 5.23. The number of hydrogen-bond acceptors (Lipinski definition) is 6. The van der Waals surface area contributed by atoms with E-state index in [4.69, 9.17) is 14.0 Å². The van der Waals surface area contributed by atoms with Gasteiger partial charge in [0.2, 0.25) is 11.8 Å². The van der Waals surface area contributed by atoms with Crippen LogP contribution in [0.4, 0.5) is 0 Å². The Morgan fingerprint density at radius 1 is 1.21 bits per heavy atom. The van der Waals surface area contributed by atoms with Gasteiger partial charge in [-0.15, -0.1) is 0 Å². The Bertz CT molecular complexity index is 795. The third kappa shape index (κ3) is 4.82. The second-order valence-corrected chi connectivity index (χ2v) is 7.60. The fourth-order valence-corrected chi connectivity index (χ4v) is 3.50. The molecule has 1 aliphatic rings. The first-order chi connectivity index (χ1) is 13.5. The van der Waals surface area contributed by atoms with E-state index in [1.807, 2.05) is 23.1 Å². The van der Waals surface area contributed by atoms with Crippen LogP contribution in [0.25, 0.3) is 0 Å². The Morgan fingerprint density at radius 3 is 2.54 bits per heavy atom. The highest BCUT2D eigenvalue weighted by Gasteiger charge is 2.25. The SMILES string of the molecule is COc1ccc(CC(=O)N2CCC(Cc3nc(C(C)C)no3)CC2)cc1OC. The molecule has 0 aliphatic carbocycles. The van der Waals surface area contributed by atoms with Gasteiger partial charge in [0.15, 0.2) is 17.3 Å². The summed E-state index contributed by atoms with van der Waals surface area (Å²) < 4.78 is 15.9. The molecule has 0 unspecified atom stereocenters. The Morgan fingerprint density at radius 2 is 1.93 bits per heavy atom. The van der Waals surface area contributed by atoms with Gasteiger partial charge in [-0.05, 0) is 36.5 Å². The molecule has 152 valence electrons. The van der Waals surface area contributed by atoms with Crippen LogP contribution in [0.1, 0.15) is 49.9 Å². The number of aromatic nitrogens is 2. The van der Waals surface area contributed by atoms with Crippen LogP contribution in [0.2, 0.25) is 0 Å². The lowest BCUT2D eigenvalue weighted by Gasteiger charge is -2.31. The maximum absolute atomic E-state index is 12.7. The average Bonchev–Trinajstić information content (AvgIpc) is 3.17. The second-order valence-electron chi connectivity index (χ2n) is 7.60. The van der Waals surface area contributed by atoms with Crippen LogP contribution in [-0.2, 0) is 17.6 Å². The lowest BCUT2D eigenvalue weighted by atomic mass is 9.93. The number of piperidine rings is 1. The zero-order valence-electron chi connectivity index (χ0n) is 17.1. The summed E-state index contributed by atoms with van der Waals surface area (Å²) in [4.78, 5) is 19.1. The van der Waals surface area contributed by atoms with Gasteiger partial charge < -0.3 is 18.9 Å². The molecule has 1 saturated heterocycles. The molecule has 7 heteroatoms. The Kier molecular flexibility index (Phi) is 6.54. The molecule has 2 aromatic rings. The highest BCUT2D eigenvalue weighted by molar-refractivity contribution is 5.79. The lowest BCUT2D eigenvalue weighted by molar-refractivity contribution is -0.131. The van der Waals surface area contributed by atoms with E-state index in [1.165, 1.54) is 0 Å². The molecule has 0 N–H and O–H groups in total. The molecular formula is C21H29N3O4. The number of carbonyl (C=O) groups is 1. The number of rotatable bonds is 7. The fraction of sp³-hybridized carbons (Fsp3) is 0.571. The maximum atomic E-state index is 12.7. The van der Waals surface area contributed by atoms with Crippen molar-refractivity contribution in [2.75, 3.05) is 27.3 Å². The van der Waals surface area contributed by atoms with Gasteiger partial charge >= 0.3 is 0 Å². The summed E-state index contributed by atoms with van der Waals surface area (Å²) in [6.07, 6.45) is 3.07. The van der Waals surface area contributed by atoms with Crippen molar-refractivity contribution >= 4 is 5.91 Å². The number of methoxy groups -OCH3 is 2. The van der Waals surface area contributed by atoms with Crippen molar-refractivity contribution in [3.8, 4) is 11.5 Å². The van der Waals surface area contributed by atoms with Crippen molar-refractivity contribution in [3.63, 3.8) is 0 Å². The van der Waals surface area contributed by atoms with Crippen molar-refractivity contribution in [2.45, 2.75) is 45.4 Å². The van der Waals surface area contributed by atoms with Crippen LogP contribution >= 0.6 is 0 Å². The first kappa shape index (κ1) is 20.2. The molecule has 1 aliphatic heterocycles. The number of amides is 1. The highest BCUT2D eigenvalue weighted by atomic mass is 16.5. The van der Waals surface area contributed by atoms with Gasteiger partial charge in [0.25, 0.3) is 0 Å². The predicted molar refractivity (Wildman–Crippen MR) is 105 cm³/mol. The second kappa shape index (κ2) is 9.08. The minimum atomic E-state index is 0.144. The topological polar surface area (TPSA) is 77.7 Å². The van der Waals surface area contributed by atoms with E-state index >= 15 is 0 Å². The first-order valence-corrected chi connectivity index (χ1v) is 9.81. The van der Waals surface area contributed by atoms with Gasteiger partial charge in [0.05, 0.1) is 20.6 Å². The minimum absolute atomic E-state index is 0.144. The monoisotopic (exact) mass is 387 g/mol. The molecule has 0 spiro atoms. The van der Waals surface area contributed by atoms with E-state index in [0.29, 0.717) is 29.7 Å². The molecule has 0 saturated carbocycles. The Hall–Kier alpha value is -2.57. The molecule has 28 heavy (non-hydrogen) atoms. The van der Waals surface area contributed by atoms with Crippen molar-refractivity contribution in [3.05, 3.63) is 35.5 Å². The van der Waals surface area contributed by atoms with Gasteiger partial charge in [0.1, 0.15) is 0 Å². The number of ether oxygens (including phenoxy) is 2. The summed E-state index contributed by atoms with van der Waals surface area (Å²) in [7, 11) is 3.20. The van der Waals surface area contributed by atoms with E-state index in [2.05, 4.69) is 24.0 Å². The molecule has 3 rings (SSSR count).